The number of para-hydroxylation sites is 1. The van der Waals surface area contributed by atoms with E-state index in [1.54, 1.807) is 7.11 Å². The summed E-state index contributed by atoms with van der Waals surface area (Å²) in [5.41, 5.74) is 3.47. The normalized spacial score (nSPS) is 16.6. The molecule has 30 heavy (non-hydrogen) atoms. The van der Waals surface area contributed by atoms with Crippen molar-refractivity contribution in [1.82, 2.24) is 9.88 Å². The maximum absolute atomic E-state index is 10.1. The van der Waals surface area contributed by atoms with Gasteiger partial charge in [-0.25, -0.2) is 4.98 Å². The lowest BCUT2D eigenvalue weighted by atomic mass is 9.75. The van der Waals surface area contributed by atoms with Crippen LogP contribution >= 0.6 is 0 Å². The quantitative estimate of drug-likeness (QED) is 0.583. The largest absolute Gasteiger partial charge is 0.494 e. The van der Waals surface area contributed by atoms with Crippen LogP contribution in [0.1, 0.15) is 36.9 Å². The standard InChI is InChI=1S/C26H32N2O2/c1-30-24-11-5-10-22-12-13-23(27-25(22)24)19-28-17-15-26(20-29,16-18-28)14-6-9-21-7-3-2-4-8-21/h2-5,7-8,10-13,29H,6,9,14-20H2,1H3. The topological polar surface area (TPSA) is 45.6 Å². The Morgan fingerprint density at radius 2 is 1.80 bits per heavy atom. The number of ether oxygens (including phenoxy) is 1. The van der Waals surface area contributed by atoms with E-state index in [0.717, 1.165) is 74.1 Å². The second-order valence-electron chi connectivity index (χ2n) is 8.61. The maximum Gasteiger partial charge on any atom is 0.145 e. The van der Waals surface area contributed by atoms with Crippen LogP contribution in [0.5, 0.6) is 5.75 Å². The van der Waals surface area contributed by atoms with Gasteiger partial charge in [-0.1, -0.05) is 48.5 Å². The first-order valence-corrected chi connectivity index (χ1v) is 11.0. The summed E-state index contributed by atoms with van der Waals surface area (Å²) in [6, 6.07) is 20.9. The molecule has 2 aromatic carbocycles. The van der Waals surface area contributed by atoms with Crippen molar-refractivity contribution in [3.8, 4) is 5.75 Å². The van der Waals surface area contributed by atoms with Crippen LogP contribution in [0.2, 0.25) is 0 Å². The highest BCUT2D eigenvalue weighted by molar-refractivity contribution is 5.84. The van der Waals surface area contributed by atoms with Crippen LogP contribution in [0.15, 0.2) is 60.7 Å². The lowest BCUT2D eigenvalue weighted by molar-refractivity contribution is 0.0326. The molecule has 2 heterocycles. The first kappa shape index (κ1) is 20.8. The minimum absolute atomic E-state index is 0.0747. The van der Waals surface area contributed by atoms with Gasteiger partial charge in [0.15, 0.2) is 0 Å². The van der Waals surface area contributed by atoms with Gasteiger partial charge in [0.1, 0.15) is 11.3 Å². The van der Waals surface area contributed by atoms with Gasteiger partial charge in [-0.3, -0.25) is 4.90 Å². The second kappa shape index (κ2) is 9.59. The Morgan fingerprint density at radius 3 is 2.53 bits per heavy atom. The molecule has 0 saturated carbocycles. The number of piperidine rings is 1. The van der Waals surface area contributed by atoms with Crippen molar-refractivity contribution in [3.63, 3.8) is 0 Å². The number of aromatic nitrogens is 1. The molecule has 1 aromatic heterocycles. The number of pyridine rings is 1. The molecule has 0 bridgehead atoms. The van der Waals surface area contributed by atoms with E-state index in [1.165, 1.54) is 5.56 Å². The average Bonchev–Trinajstić information content (AvgIpc) is 2.80. The smallest absolute Gasteiger partial charge is 0.145 e. The molecule has 0 spiro atoms. The van der Waals surface area contributed by atoms with Gasteiger partial charge in [0.2, 0.25) is 0 Å². The highest BCUT2D eigenvalue weighted by atomic mass is 16.5. The maximum atomic E-state index is 10.1. The molecule has 1 aliphatic heterocycles. The van der Waals surface area contributed by atoms with E-state index < -0.39 is 0 Å². The lowest BCUT2D eigenvalue weighted by Gasteiger charge is -2.41. The van der Waals surface area contributed by atoms with Gasteiger partial charge in [-0.2, -0.15) is 0 Å². The minimum atomic E-state index is 0.0747. The number of fused-ring (bicyclic) bond motifs is 1. The van der Waals surface area contributed by atoms with Crippen LogP contribution in [0.25, 0.3) is 10.9 Å². The van der Waals surface area contributed by atoms with Crippen LogP contribution in [-0.4, -0.2) is 41.8 Å². The zero-order valence-electron chi connectivity index (χ0n) is 17.9. The van der Waals surface area contributed by atoms with Crippen LogP contribution in [-0.2, 0) is 13.0 Å². The summed E-state index contributed by atoms with van der Waals surface area (Å²) in [5.74, 6) is 0.825. The number of rotatable bonds is 8. The molecule has 1 aliphatic rings. The third kappa shape index (κ3) is 4.82. The van der Waals surface area contributed by atoms with Gasteiger partial charge < -0.3 is 9.84 Å². The molecule has 0 unspecified atom stereocenters. The van der Waals surface area contributed by atoms with Crippen molar-refractivity contribution >= 4 is 10.9 Å². The van der Waals surface area contributed by atoms with Gasteiger partial charge in [0.25, 0.3) is 0 Å². The van der Waals surface area contributed by atoms with Crippen molar-refractivity contribution < 1.29 is 9.84 Å². The van der Waals surface area contributed by atoms with Gasteiger partial charge in [0.05, 0.1) is 12.8 Å². The van der Waals surface area contributed by atoms with E-state index >= 15 is 0 Å². The average molecular weight is 405 g/mol. The fraction of sp³-hybridized carbons (Fsp3) is 0.423. The fourth-order valence-corrected chi connectivity index (χ4v) is 4.63. The van der Waals surface area contributed by atoms with E-state index in [1.807, 2.05) is 12.1 Å². The van der Waals surface area contributed by atoms with Crippen LogP contribution in [0.3, 0.4) is 0 Å². The van der Waals surface area contributed by atoms with Crippen LogP contribution in [0, 0.1) is 5.41 Å². The molecule has 158 valence electrons. The number of aliphatic hydroxyl groups excluding tert-OH is 1. The van der Waals surface area contributed by atoms with E-state index in [-0.39, 0.29) is 5.41 Å². The zero-order chi connectivity index (χ0) is 20.8. The van der Waals surface area contributed by atoms with Gasteiger partial charge in [0, 0.05) is 18.5 Å². The second-order valence-corrected chi connectivity index (χ2v) is 8.61. The number of benzene rings is 2. The van der Waals surface area contributed by atoms with E-state index in [9.17, 15) is 5.11 Å². The first-order valence-electron chi connectivity index (χ1n) is 11.0. The molecular weight excluding hydrogens is 372 g/mol. The molecule has 0 amide bonds. The summed E-state index contributed by atoms with van der Waals surface area (Å²) in [6.45, 7) is 3.16. The number of aliphatic hydroxyl groups is 1. The van der Waals surface area contributed by atoms with Gasteiger partial charge >= 0.3 is 0 Å². The number of methoxy groups -OCH3 is 1. The van der Waals surface area contributed by atoms with Crippen molar-refractivity contribution in [3.05, 3.63) is 71.9 Å². The highest BCUT2D eigenvalue weighted by Crippen LogP contribution is 2.36. The van der Waals surface area contributed by atoms with Gasteiger partial charge in [-0.15, -0.1) is 0 Å². The molecule has 0 atom stereocenters. The Bertz CT molecular complexity index is 950. The predicted molar refractivity (Wildman–Crippen MR) is 122 cm³/mol. The van der Waals surface area contributed by atoms with Crippen molar-refractivity contribution in [1.29, 1.82) is 0 Å². The van der Waals surface area contributed by atoms with Crippen molar-refractivity contribution in [2.24, 2.45) is 5.41 Å². The molecule has 1 N–H and O–H groups in total. The van der Waals surface area contributed by atoms with Crippen molar-refractivity contribution in [2.45, 2.75) is 38.6 Å². The zero-order valence-corrected chi connectivity index (χ0v) is 17.9. The minimum Gasteiger partial charge on any atom is -0.494 e. The Hall–Kier alpha value is -2.43. The molecular formula is C26H32N2O2. The molecule has 1 saturated heterocycles. The van der Waals surface area contributed by atoms with Crippen LogP contribution < -0.4 is 4.74 Å². The Morgan fingerprint density at radius 1 is 1.00 bits per heavy atom. The summed E-state index contributed by atoms with van der Waals surface area (Å²) in [4.78, 5) is 7.33. The summed E-state index contributed by atoms with van der Waals surface area (Å²) >= 11 is 0. The molecule has 4 nitrogen and oxygen atoms in total. The van der Waals surface area contributed by atoms with Crippen molar-refractivity contribution in [2.75, 3.05) is 26.8 Å². The molecule has 1 fully saturated rings. The van der Waals surface area contributed by atoms with E-state index in [0.29, 0.717) is 6.61 Å². The summed E-state index contributed by atoms with van der Waals surface area (Å²) in [6.07, 6.45) is 5.42. The first-order chi connectivity index (χ1) is 14.7. The molecule has 3 aromatic rings. The Balaban J connectivity index is 1.33. The Kier molecular flexibility index (Phi) is 6.66. The fourth-order valence-electron chi connectivity index (χ4n) is 4.63. The summed E-state index contributed by atoms with van der Waals surface area (Å²) in [7, 11) is 1.69. The predicted octanol–water partition coefficient (Wildman–Crippen LogP) is 4.84. The third-order valence-corrected chi connectivity index (χ3v) is 6.61. The number of aryl methyl sites for hydroxylation is 1. The third-order valence-electron chi connectivity index (χ3n) is 6.61. The number of likely N-dealkylation sites (tertiary alicyclic amines) is 1. The molecule has 0 aliphatic carbocycles. The summed E-state index contributed by atoms with van der Waals surface area (Å²) < 4.78 is 5.48. The van der Waals surface area contributed by atoms with E-state index in [2.05, 4.69) is 53.4 Å². The van der Waals surface area contributed by atoms with E-state index in [4.69, 9.17) is 9.72 Å². The molecule has 4 heteroatoms. The SMILES string of the molecule is COc1cccc2ccc(CN3CCC(CO)(CCCc4ccccc4)CC3)nc12. The molecule has 0 radical (unpaired) electrons. The van der Waals surface area contributed by atoms with Crippen LogP contribution in [0.4, 0.5) is 0 Å². The van der Waals surface area contributed by atoms with Gasteiger partial charge in [-0.05, 0) is 68.3 Å². The molecule has 4 rings (SSSR count). The number of hydrogen-bond acceptors (Lipinski definition) is 4. The Labute approximate surface area is 179 Å². The monoisotopic (exact) mass is 404 g/mol. The number of nitrogens with zero attached hydrogens (tertiary/aromatic N) is 2. The number of hydrogen-bond donors (Lipinski definition) is 1. The lowest BCUT2D eigenvalue weighted by Crippen LogP contribution is -2.41. The summed E-state index contributed by atoms with van der Waals surface area (Å²) in [5, 5.41) is 11.3. The highest BCUT2D eigenvalue weighted by Gasteiger charge is 2.33.